The van der Waals surface area contributed by atoms with Crippen LogP contribution in [0.25, 0.3) is 0 Å². The summed E-state index contributed by atoms with van der Waals surface area (Å²) in [6, 6.07) is 3.99. The van der Waals surface area contributed by atoms with Crippen LogP contribution in [-0.2, 0) is 14.8 Å². The molecule has 1 aromatic rings. The summed E-state index contributed by atoms with van der Waals surface area (Å²) in [6.45, 7) is 4.37. The molecule has 0 radical (unpaired) electrons. The van der Waals surface area contributed by atoms with Gasteiger partial charge >= 0.3 is 0 Å². The molecule has 20 heavy (non-hydrogen) atoms. The maximum absolute atomic E-state index is 12.2. The first kappa shape index (κ1) is 17.3. The molecule has 0 saturated carbocycles. The molecule has 3 N–H and O–H groups in total. The lowest BCUT2D eigenvalue weighted by molar-refractivity contribution is 0.133. The van der Waals surface area contributed by atoms with Gasteiger partial charge in [0.05, 0.1) is 11.6 Å². The van der Waals surface area contributed by atoms with E-state index in [0.29, 0.717) is 12.2 Å². The van der Waals surface area contributed by atoms with Crippen molar-refractivity contribution in [3.63, 3.8) is 0 Å². The third-order valence-electron chi connectivity index (χ3n) is 2.43. The van der Waals surface area contributed by atoms with Gasteiger partial charge in [0.2, 0.25) is 10.0 Å². The first-order chi connectivity index (χ1) is 9.27. The average Bonchev–Trinajstić information content (AvgIpc) is 2.35. The van der Waals surface area contributed by atoms with Crippen molar-refractivity contribution < 1.29 is 13.2 Å². The molecule has 1 rings (SSSR count). The number of benzene rings is 1. The summed E-state index contributed by atoms with van der Waals surface area (Å²) in [4.78, 5) is 0.149. The lowest BCUT2D eigenvalue weighted by Gasteiger charge is -2.15. The molecule has 0 bridgehead atoms. The number of nitrogens with two attached hydrogens (primary N) is 1. The van der Waals surface area contributed by atoms with Crippen molar-refractivity contribution in [3.8, 4) is 0 Å². The highest BCUT2D eigenvalue weighted by Crippen LogP contribution is 2.22. The van der Waals surface area contributed by atoms with Crippen LogP contribution in [0.2, 0.25) is 5.02 Å². The molecule has 1 unspecified atom stereocenters. The second kappa shape index (κ2) is 7.33. The van der Waals surface area contributed by atoms with Gasteiger partial charge in [-0.05, 0) is 26.0 Å². The van der Waals surface area contributed by atoms with Crippen LogP contribution in [0, 0.1) is 0 Å². The summed E-state index contributed by atoms with van der Waals surface area (Å²) in [5.74, 6) is 0. The number of nitrogens with one attached hydrogen (secondary N) is 1. The minimum absolute atomic E-state index is 0.0116. The zero-order valence-electron chi connectivity index (χ0n) is 11.2. The van der Waals surface area contributed by atoms with Crippen LogP contribution in [0.1, 0.15) is 19.4 Å². The van der Waals surface area contributed by atoms with Crippen LogP contribution in [0.5, 0.6) is 0 Å². The van der Waals surface area contributed by atoms with Gasteiger partial charge in [0.25, 0.3) is 0 Å². The van der Waals surface area contributed by atoms with Crippen molar-refractivity contribution in [2.24, 2.45) is 5.73 Å². The van der Waals surface area contributed by atoms with Crippen LogP contribution in [0.15, 0.2) is 23.1 Å². The fraction of sp³-hybridized carbons (Fsp3) is 0.417. The molecule has 0 aliphatic carbocycles. The van der Waals surface area contributed by atoms with Gasteiger partial charge < -0.3 is 10.5 Å². The number of rotatable bonds is 7. The minimum atomic E-state index is -3.71. The van der Waals surface area contributed by atoms with Crippen molar-refractivity contribution in [2.75, 3.05) is 13.2 Å². The summed E-state index contributed by atoms with van der Waals surface area (Å²) in [5.41, 5.74) is 5.99. The third-order valence-corrected chi connectivity index (χ3v) is 4.74. The SMILES string of the molecule is CCOCC(C)NS(=O)(=O)c1ccc(C(N)=S)cc1Cl. The second-order valence-electron chi connectivity index (χ2n) is 4.19. The number of ether oxygens (including phenoxy) is 1. The number of hydrogen-bond acceptors (Lipinski definition) is 4. The largest absolute Gasteiger partial charge is 0.389 e. The molecule has 0 aliphatic rings. The van der Waals surface area contributed by atoms with Gasteiger partial charge in [-0.1, -0.05) is 29.9 Å². The molecule has 0 amide bonds. The Labute approximate surface area is 129 Å². The number of hydrogen-bond donors (Lipinski definition) is 2. The highest BCUT2D eigenvalue weighted by Gasteiger charge is 2.20. The van der Waals surface area contributed by atoms with Crippen molar-refractivity contribution in [3.05, 3.63) is 28.8 Å². The standard InChI is InChI=1S/C12H17ClN2O3S2/c1-3-18-7-8(2)15-20(16,17)11-5-4-9(12(14)19)6-10(11)13/h4-6,8,15H,3,7H2,1-2H3,(H2,14,19). The maximum Gasteiger partial charge on any atom is 0.242 e. The molecule has 0 heterocycles. The van der Waals surface area contributed by atoms with Crippen LogP contribution in [-0.4, -0.2) is 32.7 Å². The zero-order valence-corrected chi connectivity index (χ0v) is 13.6. The van der Waals surface area contributed by atoms with E-state index in [1.165, 1.54) is 18.2 Å². The van der Waals surface area contributed by atoms with Crippen LogP contribution >= 0.6 is 23.8 Å². The molecule has 0 saturated heterocycles. The predicted octanol–water partition coefficient (Wildman–Crippen LogP) is 1.68. The molecule has 0 aliphatic heterocycles. The Hall–Kier alpha value is -0.730. The molecule has 0 fully saturated rings. The summed E-state index contributed by atoms with van der Waals surface area (Å²) in [5, 5.41) is 0.0754. The van der Waals surface area contributed by atoms with E-state index < -0.39 is 10.0 Å². The van der Waals surface area contributed by atoms with Crippen molar-refractivity contribution >= 4 is 38.8 Å². The quantitative estimate of drug-likeness (QED) is 0.740. The van der Waals surface area contributed by atoms with Crippen molar-refractivity contribution in [1.82, 2.24) is 4.72 Å². The van der Waals surface area contributed by atoms with E-state index in [9.17, 15) is 8.42 Å². The fourth-order valence-corrected chi connectivity index (χ4v) is 3.43. The van der Waals surface area contributed by atoms with E-state index in [1.807, 2.05) is 6.92 Å². The van der Waals surface area contributed by atoms with E-state index >= 15 is 0 Å². The van der Waals surface area contributed by atoms with E-state index in [0.717, 1.165) is 0 Å². The molecule has 5 nitrogen and oxygen atoms in total. The van der Waals surface area contributed by atoms with Crippen LogP contribution < -0.4 is 10.5 Å². The molecule has 112 valence electrons. The minimum Gasteiger partial charge on any atom is -0.389 e. The van der Waals surface area contributed by atoms with Gasteiger partial charge in [-0.25, -0.2) is 13.1 Å². The first-order valence-corrected chi connectivity index (χ1v) is 8.24. The normalized spacial score (nSPS) is 13.2. The van der Waals surface area contributed by atoms with E-state index in [4.69, 9.17) is 34.3 Å². The zero-order chi connectivity index (χ0) is 15.3. The maximum atomic E-state index is 12.2. The third kappa shape index (κ3) is 4.68. The Kier molecular flexibility index (Phi) is 6.35. The predicted molar refractivity (Wildman–Crippen MR) is 83.6 cm³/mol. The Morgan fingerprint density at radius 3 is 2.70 bits per heavy atom. The first-order valence-electron chi connectivity index (χ1n) is 5.97. The van der Waals surface area contributed by atoms with Gasteiger partial charge in [0.1, 0.15) is 9.88 Å². The monoisotopic (exact) mass is 336 g/mol. The van der Waals surface area contributed by atoms with Gasteiger partial charge in [0.15, 0.2) is 0 Å². The molecule has 0 spiro atoms. The van der Waals surface area contributed by atoms with Gasteiger partial charge in [0, 0.05) is 18.2 Å². The molecular formula is C12H17ClN2O3S2. The van der Waals surface area contributed by atoms with Crippen molar-refractivity contribution in [1.29, 1.82) is 0 Å². The Bertz CT molecular complexity index is 590. The van der Waals surface area contributed by atoms with E-state index in [2.05, 4.69) is 4.72 Å². The van der Waals surface area contributed by atoms with Crippen LogP contribution in [0.4, 0.5) is 0 Å². The number of thiocarbonyl (C=S) groups is 1. The van der Waals surface area contributed by atoms with Gasteiger partial charge in [-0.15, -0.1) is 0 Å². The Balaban J connectivity index is 2.95. The smallest absolute Gasteiger partial charge is 0.242 e. The summed E-state index contributed by atoms with van der Waals surface area (Å²) >= 11 is 10.8. The molecule has 0 aromatic heterocycles. The highest BCUT2D eigenvalue weighted by atomic mass is 35.5. The molecular weight excluding hydrogens is 320 g/mol. The summed E-state index contributed by atoms with van der Waals surface area (Å²) in [7, 11) is -3.71. The molecule has 8 heteroatoms. The van der Waals surface area contributed by atoms with Crippen LogP contribution in [0.3, 0.4) is 0 Å². The topological polar surface area (TPSA) is 81.4 Å². The molecule has 1 atom stereocenters. The Morgan fingerprint density at radius 1 is 1.55 bits per heavy atom. The van der Waals surface area contributed by atoms with E-state index in [-0.39, 0.29) is 27.6 Å². The average molecular weight is 337 g/mol. The van der Waals surface area contributed by atoms with Gasteiger partial charge in [-0.2, -0.15) is 0 Å². The molecule has 1 aromatic carbocycles. The number of sulfonamides is 1. The number of halogens is 1. The summed E-state index contributed by atoms with van der Waals surface area (Å²) in [6.07, 6.45) is 0. The lowest BCUT2D eigenvalue weighted by atomic mass is 10.2. The lowest BCUT2D eigenvalue weighted by Crippen LogP contribution is -2.36. The second-order valence-corrected chi connectivity index (χ2v) is 6.72. The van der Waals surface area contributed by atoms with Gasteiger partial charge in [-0.3, -0.25) is 0 Å². The van der Waals surface area contributed by atoms with Crippen molar-refractivity contribution in [2.45, 2.75) is 24.8 Å². The van der Waals surface area contributed by atoms with E-state index in [1.54, 1.807) is 6.92 Å². The Morgan fingerprint density at radius 2 is 2.20 bits per heavy atom. The highest BCUT2D eigenvalue weighted by molar-refractivity contribution is 7.89. The summed E-state index contributed by atoms with van der Waals surface area (Å²) < 4.78 is 32.0. The fourth-order valence-electron chi connectivity index (χ4n) is 1.53.